The predicted octanol–water partition coefficient (Wildman–Crippen LogP) is 4.20. The van der Waals surface area contributed by atoms with E-state index in [1.165, 1.54) is 0 Å². The van der Waals surface area contributed by atoms with Crippen molar-refractivity contribution in [3.8, 4) is 22.9 Å². The molecule has 2 aromatic heterocycles. The van der Waals surface area contributed by atoms with Crippen molar-refractivity contribution in [3.63, 3.8) is 0 Å². The standard InChI is InChI=1S/C18H13N3O/c1-22-12-3-5-18-14(7-12)16(10-21-18)15-9-20-17-4-2-11(8-19)6-13(15)17/h2-7,9-10,20-21H,1H3. The number of nitrogens with zero attached hydrogens (tertiary/aromatic N) is 1. The second-order valence-electron chi connectivity index (χ2n) is 5.19. The first-order valence-corrected chi connectivity index (χ1v) is 6.97. The molecular formula is C18H13N3O. The first-order chi connectivity index (χ1) is 10.8. The summed E-state index contributed by atoms with van der Waals surface area (Å²) < 4.78 is 5.32. The third kappa shape index (κ3) is 1.76. The molecule has 0 aliphatic carbocycles. The van der Waals surface area contributed by atoms with Crippen LogP contribution in [0.4, 0.5) is 0 Å². The van der Waals surface area contributed by atoms with E-state index in [4.69, 9.17) is 10.00 Å². The Morgan fingerprint density at radius 1 is 0.909 bits per heavy atom. The van der Waals surface area contributed by atoms with Gasteiger partial charge in [0.05, 0.1) is 18.7 Å². The first kappa shape index (κ1) is 12.5. The Morgan fingerprint density at radius 3 is 2.18 bits per heavy atom. The number of fused-ring (bicyclic) bond motifs is 2. The van der Waals surface area contributed by atoms with Gasteiger partial charge in [-0.05, 0) is 36.4 Å². The summed E-state index contributed by atoms with van der Waals surface area (Å²) in [5, 5.41) is 11.3. The summed E-state index contributed by atoms with van der Waals surface area (Å²) in [6, 6.07) is 13.8. The van der Waals surface area contributed by atoms with Gasteiger partial charge in [0, 0.05) is 45.3 Å². The molecule has 2 aromatic carbocycles. The second-order valence-corrected chi connectivity index (χ2v) is 5.19. The number of aromatic nitrogens is 2. The molecule has 0 amide bonds. The molecular weight excluding hydrogens is 274 g/mol. The molecule has 0 unspecified atom stereocenters. The van der Waals surface area contributed by atoms with Gasteiger partial charge >= 0.3 is 0 Å². The minimum atomic E-state index is 0.658. The average Bonchev–Trinajstić information content (AvgIpc) is 3.16. The summed E-state index contributed by atoms with van der Waals surface area (Å²) in [4.78, 5) is 6.55. The zero-order valence-corrected chi connectivity index (χ0v) is 12.0. The largest absolute Gasteiger partial charge is 0.497 e. The number of nitriles is 1. The number of methoxy groups -OCH3 is 1. The number of H-pyrrole nitrogens is 2. The summed E-state index contributed by atoms with van der Waals surface area (Å²) in [6.45, 7) is 0. The van der Waals surface area contributed by atoms with Crippen LogP contribution >= 0.6 is 0 Å². The quantitative estimate of drug-likeness (QED) is 0.580. The van der Waals surface area contributed by atoms with Crippen molar-refractivity contribution in [2.24, 2.45) is 0 Å². The normalized spacial score (nSPS) is 10.9. The molecule has 106 valence electrons. The van der Waals surface area contributed by atoms with Crippen LogP contribution in [0.15, 0.2) is 48.8 Å². The van der Waals surface area contributed by atoms with E-state index in [0.29, 0.717) is 5.56 Å². The lowest BCUT2D eigenvalue weighted by atomic mass is 10.0. The molecule has 4 rings (SSSR count). The van der Waals surface area contributed by atoms with Gasteiger partial charge < -0.3 is 14.7 Å². The van der Waals surface area contributed by atoms with Crippen molar-refractivity contribution < 1.29 is 4.74 Å². The Bertz CT molecular complexity index is 1030. The van der Waals surface area contributed by atoms with Crippen molar-refractivity contribution >= 4 is 21.8 Å². The number of nitrogens with one attached hydrogen (secondary N) is 2. The number of aromatic amines is 2. The van der Waals surface area contributed by atoms with E-state index in [1.807, 2.05) is 48.8 Å². The highest BCUT2D eigenvalue weighted by atomic mass is 16.5. The Labute approximate surface area is 127 Å². The fraction of sp³-hybridized carbons (Fsp3) is 0.0556. The smallest absolute Gasteiger partial charge is 0.119 e. The summed E-state index contributed by atoms with van der Waals surface area (Å²) >= 11 is 0. The highest BCUT2D eigenvalue weighted by Crippen LogP contribution is 2.35. The molecule has 0 spiro atoms. The summed E-state index contributed by atoms with van der Waals surface area (Å²) in [5.74, 6) is 0.825. The van der Waals surface area contributed by atoms with Gasteiger partial charge in [-0.1, -0.05) is 0 Å². The first-order valence-electron chi connectivity index (χ1n) is 6.97. The number of rotatable bonds is 2. The topological polar surface area (TPSA) is 64.6 Å². The Morgan fingerprint density at radius 2 is 1.55 bits per heavy atom. The Kier molecular flexibility index (Phi) is 2.67. The third-order valence-corrected chi connectivity index (χ3v) is 3.99. The van der Waals surface area contributed by atoms with Gasteiger partial charge in [0.25, 0.3) is 0 Å². The van der Waals surface area contributed by atoms with Gasteiger partial charge in [0.2, 0.25) is 0 Å². The van der Waals surface area contributed by atoms with Crippen LogP contribution in [0.3, 0.4) is 0 Å². The lowest BCUT2D eigenvalue weighted by molar-refractivity contribution is 0.415. The third-order valence-electron chi connectivity index (χ3n) is 3.99. The maximum absolute atomic E-state index is 9.11. The van der Waals surface area contributed by atoms with Crippen LogP contribution < -0.4 is 4.74 Å². The summed E-state index contributed by atoms with van der Waals surface area (Å²) in [7, 11) is 1.67. The average molecular weight is 287 g/mol. The van der Waals surface area contributed by atoms with E-state index >= 15 is 0 Å². The van der Waals surface area contributed by atoms with Gasteiger partial charge in [-0.3, -0.25) is 0 Å². The molecule has 0 atom stereocenters. The number of benzene rings is 2. The SMILES string of the molecule is COc1ccc2[nH]cc(-c3c[nH]c4ccc(C#N)cc34)c2c1. The van der Waals surface area contributed by atoms with E-state index in [2.05, 4.69) is 16.0 Å². The highest BCUT2D eigenvalue weighted by molar-refractivity contribution is 6.05. The van der Waals surface area contributed by atoms with Crippen molar-refractivity contribution in [2.45, 2.75) is 0 Å². The van der Waals surface area contributed by atoms with Crippen molar-refractivity contribution in [1.29, 1.82) is 5.26 Å². The molecule has 4 aromatic rings. The van der Waals surface area contributed by atoms with Crippen molar-refractivity contribution in [1.82, 2.24) is 9.97 Å². The van der Waals surface area contributed by atoms with Crippen LogP contribution in [0, 0.1) is 11.3 Å². The maximum Gasteiger partial charge on any atom is 0.119 e. The van der Waals surface area contributed by atoms with Gasteiger partial charge in [-0.15, -0.1) is 0 Å². The fourth-order valence-corrected chi connectivity index (χ4v) is 2.86. The van der Waals surface area contributed by atoms with E-state index in [-0.39, 0.29) is 0 Å². The van der Waals surface area contributed by atoms with Crippen LogP contribution in [0.5, 0.6) is 5.75 Å². The van der Waals surface area contributed by atoms with E-state index in [0.717, 1.165) is 38.7 Å². The molecule has 0 aliphatic heterocycles. The molecule has 0 bridgehead atoms. The summed E-state index contributed by atoms with van der Waals surface area (Å²) in [6.07, 6.45) is 3.97. The Balaban J connectivity index is 2.01. The minimum Gasteiger partial charge on any atom is -0.497 e. The number of hydrogen-bond donors (Lipinski definition) is 2. The monoisotopic (exact) mass is 287 g/mol. The van der Waals surface area contributed by atoms with Crippen molar-refractivity contribution in [3.05, 3.63) is 54.4 Å². The van der Waals surface area contributed by atoms with Crippen LogP contribution in [-0.2, 0) is 0 Å². The molecule has 4 nitrogen and oxygen atoms in total. The van der Waals surface area contributed by atoms with Crippen LogP contribution in [0.1, 0.15) is 5.56 Å². The van der Waals surface area contributed by atoms with Gasteiger partial charge in [0.1, 0.15) is 5.75 Å². The molecule has 0 fully saturated rings. The van der Waals surface area contributed by atoms with E-state index in [9.17, 15) is 0 Å². The molecule has 2 N–H and O–H groups in total. The molecule has 22 heavy (non-hydrogen) atoms. The van der Waals surface area contributed by atoms with Gasteiger partial charge in [-0.2, -0.15) is 5.26 Å². The zero-order valence-electron chi connectivity index (χ0n) is 12.0. The second kappa shape index (κ2) is 4.68. The van der Waals surface area contributed by atoms with Crippen molar-refractivity contribution in [2.75, 3.05) is 7.11 Å². The predicted molar refractivity (Wildman–Crippen MR) is 86.9 cm³/mol. The lowest BCUT2D eigenvalue weighted by Gasteiger charge is -2.02. The van der Waals surface area contributed by atoms with Gasteiger partial charge in [0.15, 0.2) is 0 Å². The molecule has 4 heteroatoms. The fourth-order valence-electron chi connectivity index (χ4n) is 2.86. The summed E-state index contributed by atoms with van der Waals surface area (Å²) in [5.41, 5.74) is 4.90. The maximum atomic E-state index is 9.11. The molecule has 0 radical (unpaired) electrons. The highest BCUT2D eigenvalue weighted by Gasteiger charge is 2.12. The number of hydrogen-bond acceptors (Lipinski definition) is 2. The minimum absolute atomic E-state index is 0.658. The number of ether oxygens (including phenoxy) is 1. The van der Waals surface area contributed by atoms with Crippen LogP contribution in [-0.4, -0.2) is 17.1 Å². The molecule has 0 saturated carbocycles. The van der Waals surface area contributed by atoms with E-state index in [1.54, 1.807) is 7.11 Å². The molecule has 0 aliphatic rings. The molecule has 0 saturated heterocycles. The van der Waals surface area contributed by atoms with Crippen LogP contribution in [0.25, 0.3) is 32.9 Å². The lowest BCUT2D eigenvalue weighted by Crippen LogP contribution is -1.82. The van der Waals surface area contributed by atoms with E-state index < -0.39 is 0 Å². The molecule has 2 heterocycles. The van der Waals surface area contributed by atoms with Gasteiger partial charge in [-0.25, -0.2) is 0 Å². The zero-order chi connectivity index (χ0) is 15.1. The van der Waals surface area contributed by atoms with Crippen LogP contribution in [0.2, 0.25) is 0 Å². The Hall–Kier alpha value is -3.19.